The van der Waals surface area contributed by atoms with Crippen molar-refractivity contribution < 1.29 is 0 Å². The van der Waals surface area contributed by atoms with Gasteiger partial charge in [0.2, 0.25) is 0 Å². The van der Waals surface area contributed by atoms with Crippen LogP contribution in [-0.4, -0.2) is 19.1 Å². The Kier molecular flexibility index (Phi) is 17.1. The molecule has 0 saturated carbocycles. The zero-order chi connectivity index (χ0) is 10.5. The molecule has 1 atom stereocenters. The highest BCUT2D eigenvalue weighted by molar-refractivity contribution is 4.57. The first-order valence-electron chi connectivity index (χ1n) is 5.74. The van der Waals surface area contributed by atoms with E-state index in [-0.39, 0.29) is 0 Å². The molecule has 0 rings (SSSR count). The van der Waals surface area contributed by atoms with Crippen LogP contribution in [0.2, 0.25) is 0 Å². The van der Waals surface area contributed by atoms with Crippen molar-refractivity contribution in [2.45, 2.75) is 59.4 Å². The standard InChI is InChI=1S/C9H22N2.C2H6/c1-3-9(2)11-8-6-4-5-7-10;1-2/h9,11H,3-8,10H2,1-2H3;1-2H3. The summed E-state index contributed by atoms with van der Waals surface area (Å²) in [5.74, 6) is 0. The second-order valence-electron chi connectivity index (χ2n) is 3.11. The molecule has 0 aliphatic heterocycles. The van der Waals surface area contributed by atoms with Gasteiger partial charge in [-0.1, -0.05) is 27.2 Å². The van der Waals surface area contributed by atoms with Gasteiger partial charge in [-0.2, -0.15) is 0 Å². The van der Waals surface area contributed by atoms with Gasteiger partial charge < -0.3 is 11.1 Å². The van der Waals surface area contributed by atoms with Crippen molar-refractivity contribution in [3.8, 4) is 0 Å². The Morgan fingerprint density at radius 1 is 1.15 bits per heavy atom. The molecule has 0 heterocycles. The maximum Gasteiger partial charge on any atom is 0.00360 e. The quantitative estimate of drug-likeness (QED) is 0.603. The van der Waals surface area contributed by atoms with Crippen molar-refractivity contribution in [2.24, 2.45) is 5.73 Å². The molecule has 0 amide bonds. The topological polar surface area (TPSA) is 38.0 Å². The summed E-state index contributed by atoms with van der Waals surface area (Å²) in [6, 6.07) is 0.674. The van der Waals surface area contributed by atoms with Gasteiger partial charge in [0, 0.05) is 6.04 Å². The molecule has 3 N–H and O–H groups in total. The summed E-state index contributed by atoms with van der Waals surface area (Å²) in [5.41, 5.74) is 5.38. The van der Waals surface area contributed by atoms with Gasteiger partial charge in [-0.25, -0.2) is 0 Å². The molecule has 0 aromatic carbocycles. The first-order chi connectivity index (χ1) is 6.31. The minimum atomic E-state index is 0.674. The molecule has 0 aliphatic rings. The highest BCUT2D eigenvalue weighted by Crippen LogP contribution is 1.93. The van der Waals surface area contributed by atoms with Crippen LogP contribution in [0.4, 0.5) is 0 Å². The normalized spacial score (nSPS) is 11.8. The van der Waals surface area contributed by atoms with Gasteiger partial charge in [0.05, 0.1) is 0 Å². The van der Waals surface area contributed by atoms with Crippen molar-refractivity contribution in [2.75, 3.05) is 13.1 Å². The van der Waals surface area contributed by atoms with Gasteiger partial charge in [0.25, 0.3) is 0 Å². The Morgan fingerprint density at radius 2 is 1.77 bits per heavy atom. The summed E-state index contributed by atoms with van der Waals surface area (Å²) >= 11 is 0. The molecule has 13 heavy (non-hydrogen) atoms. The number of unbranched alkanes of at least 4 members (excludes halogenated alkanes) is 2. The predicted octanol–water partition coefficient (Wildman–Crippen LogP) is 2.53. The highest BCUT2D eigenvalue weighted by Gasteiger charge is 1.94. The smallest absolute Gasteiger partial charge is 0.00360 e. The molecular formula is C11H28N2. The molecule has 0 aromatic heterocycles. The van der Waals surface area contributed by atoms with Crippen LogP contribution in [0.1, 0.15) is 53.4 Å². The minimum absolute atomic E-state index is 0.674. The van der Waals surface area contributed by atoms with Crippen LogP contribution in [0.15, 0.2) is 0 Å². The van der Waals surface area contributed by atoms with E-state index in [2.05, 4.69) is 19.2 Å². The Bertz CT molecular complexity index is 74.5. The molecule has 1 unspecified atom stereocenters. The van der Waals surface area contributed by atoms with E-state index in [4.69, 9.17) is 5.73 Å². The maximum absolute atomic E-state index is 5.38. The largest absolute Gasteiger partial charge is 0.330 e. The first-order valence-corrected chi connectivity index (χ1v) is 5.74. The van der Waals surface area contributed by atoms with E-state index < -0.39 is 0 Å². The van der Waals surface area contributed by atoms with Crippen molar-refractivity contribution in [1.82, 2.24) is 5.32 Å². The van der Waals surface area contributed by atoms with Gasteiger partial charge in [-0.15, -0.1) is 0 Å². The summed E-state index contributed by atoms with van der Waals surface area (Å²) < 4.78 is 0. The van der Waals surface area contributed by atoms with Crippen molar-refractivity contribution >= 4 is 0 Å². The van der Waals surface area contributed by atoms with Crippen LogP contribution >= 0.6 is 0 Å². The van der Waals surface area contributed by atoms with Gasteiger partial charge >= 0.3 is 0 Å². The molecule has 2 heteroatoms. The Balaban J connectivity index is 0. The molecule has 0 radical (unpaired) electrons. The molecular weight excluding hydrogens is 160 g/mol. The summed E-state index contributed by atoms with van der Waals surface area (Å²) in [4.78, 5) is 0. The first kappa shape index (κ1) is 15.4. The van der Waals surface area contributed by atoms with Crippen LogP contribution < -0.4 is 11.1 Å². The van der Waals surface area contributed by atoms with Crippen LogP contribution in [0, 0.1) is 0 Å². The highest BCUT2D eigenvalue weighted by atomic mass is 14.9. The van der Waals surface area contributed by atoms with Crippen LogP contribution in [0.5, 0.6) is 0 Å². The van der Waals surface area contributed by atoms with Crippen LogP contribution in [-0.2, 0) is 0 Å². The van der Waals surface area contributed by atoms with Gasteiger partial charge in [-0.3, -0.25) is 0 Å². The summed E-state index contributed by atoms with van der Waals surface area (Å²) in [7, 11) is 0. The van der Waals surface area contributed by atoms with Gasteiger partial charge in [0.15, 0.2) is 0 Å². The third-order valence-corrected chi connectivity index (χ3v) is 1.99. The second kappa shape index (κ2) is 14.4. The Morgan fingerprint density at radius 3 is 2.23 bits per heavy atom. The minimum Gasteiger partial charge on any atom is -0.330 e. The summed E-state index contributed by atoms with van der Waals surface area (Å²) in [6.07, 6.45) is 4.92. The third kappa shape index (κ3) is 14.7. The van der Waals surface area contributed by atoms with E-state index in [1.54, 1.807) is 0 Å². The van der Waals surface area contributed by atoms with E-state index >= 15 is 0 Å². The van der Waals surface area contributed by atoms with Gasteiger partial charge in [-0.05, 0) is 39.3 Å². The van der Waals surface area contributed by atoms with Crippen molar-refractivity contribution in [3.05, 3.63) is 0 Å². The number of rotatable bonds is 7. The second-order valence-corrected chi connectivity index (χ2v) is 3.11. The zero-order valence-corrected chi connectivity index (χ0v) is 9.90. The molecule has 2 nitrogen and oxygen atoms in total. The third-order valence-electron chi connectivity index (χ3n) is 1.99. The fourth-order valence-corrected chi connectivity index (χ4v) is 0.939. The Labute approximate surface area is 84.3 Å². The van der Waals surface area contributed by atoms with Gasteiger partial charge in [0.1, 0.15) is 0 Å². The van der Waals surface area contributed by atoms with Crippen LogP contribution in [0.3, 0.4) is 0 Å². The number of nitrogens with two attached hydrogens (primary N) is 1. The molecule has 0 aliphatic carbocycles. The lowest BCUT2D eigenvalue weighted by atomic mass is 10.2. The molecule has 0 bridgehead atoms. The average molecular weight is 188 g/mol. The number of hydrogen-bond acceptors (Lipinski definition) is 2. The van der Waals surface area contributed by atoms with E-state index in [9.17, 15) is 0 Å². The van der Waals surface area contributed by atoms with Crippen molar-refractivity contribution in [1.29, 1.82) is 0 Å². The maximum atomic E-state index is 5.38. The number of hydrogen-bond donors (Lipinski definition) is 2. The van der Waals surface area contributed by atoms with Crippen molar-refractivity contribution in [3.63, 3.8) is 0 Å². The summed E-state index contributed by atoms with van der Waals surface area (Å²) in [5, 5.41) is 3.45. The molecule has 0 fully saturated rings. The lowest BCUT2D eigenvalue weighted by Crippen LogP contribution is -2.26. The fourth-order valence-electron chi connectivity index (χ4n) is 0.939. The fraction of sp³-hybridized carbons (Fsp3) is 1.00. The van der Waals surface area contributed by atoms with E-state index in [0.717, 1.165) is 13.1 Å². The Hall–Kier alpha value is -0.0800. The summed E-state index contributed by atoms with van der Waals surface area (Å²) in [6.45, 7) is 10.4. The molecule has 82 valence electrons. The van der Waals surface area contributed by atoms with E-state index in [1.165, 1.54) is 25.7 Å². The van der Waals surface area contributed by atoms with Crippen LogP contribution in [0.25, 0.3) is 0 Å². The number of nitrogens with one attached hydrogen (secondary N) is 1. The predicted molar refractivity (Wildman–Crippen MR) is 62.0 cm³/mol. The van der Waals surface area contributed by atoms with E-state index in [1.807, 2.05) is 13.8 Å². The average Bonchev–Trinajstić information content (AvgIpc) is 2.20. The molecule has 0 spiro atoms. The molecule has 0 aromatic rings. The lowest BCUT2D eigenvalue weighted by molar-refractivity contribution is 0.512. The monoisotopic (exact) mass is 188 g/mol. The lowest BCUT2D eigenvalue weighted by Gasteiger charge is -2.10. The zero-order valence-electron chi connectivity index (χ0n) is 9.90. The SMILES string of the molecule is CC.CCC(C)NCCCCCN. The van der Waals surface area contributed by atoms with E-state index in [0.29, 0.717) is 6.04 Å². The molecule has 0 saturated heterocycles.